The maximum absolute atomic E-state index is 12.8. The summed E-state index contributed by atoms with van der Waals surface area (Å²) in [4.78, 5) is 42.0. The molecular formula is C22H18Cl3N3O4. The van der Waals surface area contributed by atoms with Crippen LogP contribution in [0, 0.1) is 0 Å². The summed E-state index contributed by atoms with van der Waals surface area (Å²) >= 11 is 18.9. The number of nitrogens with one attached hydrogen (secondary N) is 1. The third kappa shape index (κ3) is 3.85. The first-order valence-electron chi connectivity index (χ1n) is 9.76. The zero-order chi connectivity index (χ0) is 23.0. The first-order chi connectivity index (χ1) is 15.3. The number of ether oxygens (including phenoxy) is 1. The van der Waals surface area contributed by atoms with Gasteiger partial charge < -0.3 is 15.0 Å². The van der Waals surface area contributed by atoms with E-state index in [9.17, 15) is 14.4 Å². The van der Waals surface area contributed by atoms with Gasteiger partial charge in [0.15, 0.2) is 12.9 Å². The minimum absolute atomic E-state index is 0.182. The number of aldehydes is 1. The lowest BCUT2D eigenvalue weighted by Crippen LogP contribution is -2.57. The van der Waals surface area contributed by atoms with Crippen LogP contribution < -0.4 is 5.32 Å². The first kappa shape index (κ1) is 22.6. The van der Waals surface area contributed by atoms with Gasteiger partial charge in [-0.05, 0) is 18.2 Å². The molecule has 1 amide bonds. The van der Waals surface area contributed by atoms with Crippen LogP contribution in [-0.2, 0) is 19.9 Å². The molecule has 1 N–H and O–H groups in total. The molecule has 166 valence electrons. The second kappa shape index (κ2) is 8.73. The van der Waals surface area contributed by atoms with Crippen LogP contribution in [0.15, 0.2) is 35.3 Å². The van der Waals surface area contributed by atoms with Crippen molar-refractivity contribution in [3.8, 4) is 0 Å². The molecule has 1 fully saturated rings. The van der Waals surface area contributed by atoms with Gasteiger partial charge in [0, 0.05) is 31.1 Å². The number of anilines is 1. The molecule has 0 saturated carbocycles. The van der Waals surface area contributed by atoms with Crippen LogP contribution in [-0.4, -0.2) is 48.5 Å². The Morgan fingerprint density at radius 3 is 2.72 bits per heavy atom. The predicted octanol–water partition coefficient (Wildman–Crippen LogP) is 4.65. The number of hydrogen-bond donors (Lipinski definition) is 1. The molecule has 2 heterocycles. The zero-order valence-corrected chi connectivity index (χ0v) is 19.2. The number of fused-ring (bicyclic) bond motifs is 3. The van der Waals surface area contributed by atoms with Crippen LogP contribution in [0.5, 0.6) is 0 Å². The van der Waals surface area contributed by atoms with Crippen molar-refractivity contribution in [3.05, 3.63) is 56.5 Å². The van der Waals surface area contributed by atoms with Crippen molar-refractivity contribution in [1.82, 2.24) is 4.90 Å². The van der Waals surface area contributed by atoms with Crippen LogP contribution in [0.25, 0.3) is 0 Å². The molecule has 0 spiro atoms. The van der Waals surface area contributed by atoms with E-state index < -0.39 is 11.5 Å². The third-order valence-electron chi connectivity index (χ3n) is 5.59. The Balaban J connectivity index is 1.80. The first-order valence-corrected chi connectivity index (χ1v) is 10.9. The lowest BCUT2D eigenvalue weighted by Gasteiger charge is -2.43. The molecule has 2 aliphatic rings. The van der Waals surface area contributed by atoms with Gasteiger partial charge in [-0.15, -0.1) is 0 Å². The fourth-order valence-corrected chi connectivity index (χ4v) is 4.65. The average molecular weight is 495 g/mol. The van der Waals surface area contributed by atoms with E-state index in [1.54, 1.807) is 35.2 Å². The number of nitrogens with zero attached hydrogens (tertiary/aromatic N) is 2. The smallest absolute Gasteiger partial charge is 0.303 e. The molecule has 1 saturated heterocycles. The quantitative estimate of drug-likeness (QED) is 0.483. The summed E-state index contributed by atoms with van der Waals surface area (Å²) in [5.74, 6) is -0.872. The summed E-state index contributed by atoms with van der Waals surface area (Å²) in [6.07, 6.45) is 1.12. The van der Waals surface area contributed by atoms with Crippen LogP contribution in [0.2, 0.25) is 15.1 Å². The fourth-order valence-electron chi connectivity index (χ4n) is 4.07. The van der Waals surface area contributed by atoms with Crippen molar-refractivity contribution in [2.75, 3.05) is 25.0 Å². The highest BCUT2D eigenvalue weighted by molar-refractivity contribution is 6.44. The molecule has 10 heteroatoms. The van der Waals surface area contributed by atoms with Crippen LogP contribution >= 0.6 is 34.8 Å². The lowest BCUT2D eigenvalue weighted by atomic mass is 9.81. The predicted molar refractivity (Wildman–Crippen MR) is 124 cm³/mol. The normalized spacial score (nSPS) is 19.0. The molecule has 32 heavy (non-hydrogen) atoms. The van der Waals surface area contributed by atoms with Crippen LogP contribution in [0.4, 0.5) is 11.4 Å². The van der Waals surface area contributed by atoms with Gasteiger partial charge in [0.25, 0.3) is 5.91 Å². The fraction of sp³-hybridized carbons (Fsp3) is 0.273. The molecule has 1 atom stereocenters. The Kier molecular flexibility index (Phi) is 6.16. The standard InChI is InChI=1S/C22H18Cl3N3O4/c1-12(30)32-10-19(31)28-8-7-18-22(11-28,14-5-6-16(24)20(25)21(14)26-18)27-17-4-2-3-15(23)13(17)9-29/h2-6,9,27H,7-8,10-11H2,1H3. The summed E-state index contributed by atoms with van der Waals surface area (Å²) < 4.78 is 4.89. The van der Waals surface area contributed by atoms with Crippen molar-refractivity contribution in [2.45, 2.75) is 18.9 Å². The highest BCUT2D eigenvalue weighted by Gasteiger charge is 2.49. The van der Waals surface area contributed by atoms with E-state index in [1.807, 2.05) is 0 Å². The second-order valence-corrected chi connectivity index (χ2v) is 8.70. The molecule has 4 rings (SSSR count). The number of likely N-dealkylation sites (tertiary alicyclic amines) is 1. The number of aliphatic imine (C=N–C) groups is 1. The highest BCUT2D eigenvalue weighted by atomic mass is 35.5. The van der Waals surface area contributed by atoms with Gasteiger partial charge in [0.05, 0.1) is 38.6 Å². The molecule has 2 aromatic rings. The number of piperidine rings is 1. The minimum Gasteiger partial charge on any atom is -0.456 e. The van der Waals surface area contributed by atoms with Crippen LogP contribution in [0.1, 0.15) is 29.3 Å². The number of halogens is 3. The lowest BCUT2D eigenvalue weighted by molar-refractivity contribution is -0.150. The number of hydrogen-bond acceptors (Lipinski definition) is 6. The van der Waals surface area contributed by atoms with Gasteiger partial charge in [0.2, 0.25) is 0 Å². The monoisotopic (exact) mass is 493 g/mol. The topological polar surface area (TPSA) is 88.1 Å². The second-order valence-electron chi connectivity index (χ2n) is 7.51. The number of rotatable bonds is 5. The van der Waals surface area contributed by atoms with E-state index in [4.69, 9.17) is 44.5 Å². The van der Waals surface area contributed by atoms with Gasteiger partial charge in [-0.25, -0.2) is 0 Å². The summed E-state index contributed by atoms with van der Waals surface area (Å²) in [5, 5.41) is 4.39. The largest absolute Gasteiger partial charge is 0.456 e. The maximum atomic E-state index is 12.8. The number of carbonyl (C=O) groups excluding carboxylic acids is 3. The van der Waals surface area contributed by atoms with Crippen molar-refractivity contribution in [2.24, 2.45) is 4.99 Å². The Bertz CT molecular complexity index is 1170. The van der Waals surface area contributed by atoms with E-state index in [1.165, 1.54) is 6.92 Å². The third-order valence-corrected chi connectivity index (χ3v) is 6.71. The van der Waals surface area contributed by atoms with E-state index in [-0.39, 0.29) is 19.1 Å². The molecule has 0 aromatic heterocycles. The van der Waals surface area contributed by atoms with Gasteiger partial charge in [-0.3, -0.25) is 19.4 Å². The summed E-state index contributed by atoms with van der Waals surface area (Å²) in [5.41, 5.74) is 1.82. The van der Waals surface area contributed by atoms with E-state index >= 15 is 0 Å². The van der Waals surface area contributed by atoms with Crippen molar-refractivity contribution < 1.29 is 19.1 Å². The van der Waals surface area contributed by atoms with E-state index in [0.717, 1.165) is 11.3 Å². The molecule has 7 nitrogen and oxygen atoms in total. The number of esters is 1. The Hall–Kier alpha value is -2.61. The Labute approximate surface area is 199 Å². The number of amides is 1. The minimum atomic E-state index is -0.962. The molecule has 0 radical (unpaired) electrons. The summed E-state index contributed by atoms with van der Waals surface area (Å²) in [6, 6.07) is 8.55. The van der Waals surface area contributed by atoms with Crippen molar-refractivity contribution in [1.29, 1.82) is 0 Å². The molecule has 0 bridgehead atoms. The Morgan fingerprint density at radius 2 is 2.00 bits per heavy atom. The van der Waals surface area contributed by atoms with Crippen molar-refractivity contribution in [3.63, 3.8) is 0 Å². The maximum Gasteiger partial charge on any atom is 0.303 e. The number of carbonyl (C=O) groups is 3. The average Bonchev–Trinajstić information content (AvgIpc) is 3.08. The van der Waals surface area contributed by atoms with Crippen LogP contribution in [0.3, 0.4) is 0 Å². The van der Waals surface area contributed by atoms with Gasteiger partial charge in [-0.2, -0.15) is 0 Å². The molecular weight excluding hydrogens is 477 g/mol. The summed E-state index contributed by atoms with van der Waals surface area (Å²) in [6.45, 7) is 1.46. The Morgan fingerprint density at radius 1 is 1.22 bits per heavy atom. The van der Waals surface area contributed by atoms with E-state index in [2.05, 4.69) is 5.32 Å². The number of benzene rings is 2. The zero-order valence-electron chi connectivity index (χ0n) is 17.0. The summed E-state index contributed by atoms with van der Waals surface area (Å²) in [7, 11) is 0. The van der Waals surface area contributed by atoms with E-state index in [0.29, 0.717) is 51.3 Å². The van der Waals surface area contributed by atoms with Gasteiger partial charge in [-0.1, -0.05) is 46.9 Å². The van der Waals surface area contributed by atoms with Crippen molar-refractivity contribution >= 4 is 70.1 Å². The molecule has 0 aliphatic carbocycles. The SMILES string of the molecule is CC(=O)OCC(=O)N1CCC2=Nc3c(ccc(Cl)c3Cl)C2(Nc2cccc(Cl)c2C=O)C1. The van der Waals surface area contributed by atoms with Gasteiger partial charge >= 0.3 is 5.97 Å². The molecule has 2 aliphatic heterocycles. The van der Waals surface area contributed by atoms with Gasteiger partial charge in [0.1, 0.15) is 5.54 Å². The molecule has 1 unspecified atom stereocenters. The highest BCUT2D eigenvalue weighted by Crippen LogP contribution is 2.49. The molecule has 2 aromatic carbocycles.